The van der Waals surface area contributed by atoms with Crippen molar-refractivity contribution in [3.05, 3.63) is 211 Å². The molecule has 8 aromatic rings. The second-order valence-electron chi connectivity index (χ2n) is 25.2. The van der Waals surface area contributed by atoms with Crippen LogP contribution in [-0.4, -0.2) is 48.8 Å². The van der Waals surface area contributed by atoms with Crippen LogP contribution < -0.4 is 19.9 Å². The van der Waals surface area contributed by atoms with Crippen molar-refractivity contribution in [2.75, 3.05) is 14.1 Å². The van der Waals surface area contributed by atoms with Crippen LogP contribution in [0.4, 0.5) is 22.7 Å². The topological polar surface area (TPSA) is 112 Å². The number of aromatic nitrogens is 4. The van der Waals surface area contributed by atoms with Gasteiger partial charge in [0.15, 0.2) is 0 Å². The van der Waals surface area contributed by atoms with Gasteiger partial charge in [-0.2, -0.15) is 0 Å². The Morgan fingerprint density at radius 2 is 0.442 bits per heavy atom. The van der Waals surface area contributed by atoms with Crippen LogP contribution in [0.25, 0.3) is 0 Å². The van der Waals surface area contributed by atoms with Gasteiger partial charge in [0.05, 0.1) is 22.7 Å². The summed E-state index contributed by atoms with van der Waals surface area (Å²) in [6, 6.07) is 42.6. The third kappa shape index (κ3) is 19.5. The van der Waals surface area contributed by atoms with Gasteiger partial charge in [0, 0.05) is 51.0 Å². The van der Waals surface area contributed by atoms with Crippen molar-refractivity contribution in [2.45, 2.75) is 184 Å². The minimum absolute atomic E-state index is 0. The van der Waals surface area contributed by atoms with Crippen molar-refractivity contribution in [3.8, 4) is 0 Å². The first-order valence-electron chi connectivity index (χ1n) is 30.6. The van der Waals surface area contributed by atoms with Crippen LogP contribution in [0.2, 0.25) is 0 Å². The van der Waals surface area contributed by atoms with E-state index < -0.39 is 0 Å². The van der Waals surface area contributed by atoms with E-state index in [0.717, 1.165) is 94.5 Å². The monoisotopic (exact) mass is 1330 g/mol. The molecule has 0 radical (unpaired) electrons. The summed E-state index contributed by atoms with van der Waals surface area (Å²) in [5, 5.41) is 0. The number of hydrogen-bond donors (Lipinski definition) is 0. The van der Waals surface area contributed by atoms with Crippen molar-refractivity contribution in [1.82, 2.24) is 29.7 Å². The van der Waals surface area contributed by atoms with Crippen LogP contribution in [0.1, 0.15) is 248 Å². The molecule has 8 rings (SSSR count). The van der Waals surface area contributed by atoms with Crippen LogP contribution >= 0.6 is 0 Å². The van der Waals surface area contributed by atoms with E-state index in [-0.39, 0.29) is 40.8 Å². The second-order valence-corrected chi connectivity index (χ2v) is 25.2. The summed E-state index contributed by atoms with van der Waals surface area (Å²) < 4.78 is 0. The molecule has 0 spiro atoms. The number of hydrogen-bond acceptors (Lipinski definition) is 6. The molecule has 12 heteroatoms. The summed E-state index contributed by atoms with van der Waals surface area (Å²) in [5.74, 6) is 3.32. The van der Waals surface area contributed by atoms with Gasteiger partial charge in [-0.05, 0) is 106 Å². The van der Waals surface area contributed by atoms with E-state index in [1.165, 1.54) is 44.5 Å². The van der Waals surface area contributed by atoms with E-state index in [9.17, 15) is 0 Å². The molecule has 0 bridgehead atoms. The molecule has 460 valence electrons. The Hall–Kier alpha value is -6.08. The van der Waals surface area contributed by atoms with Gasteiger partial charge in [0.1, 0.15) is 0 Å². The number of benzene rings is 4. The van der Waals surface area contributed by atoms with Gasteiger partial charge in [-0.25, -0.2) is 0 Å². The van der Waals surface area contributed by atoms with Crippen LogP contribution in [-0.2, 0) is 67.0 Å². The Labute approximate surface area is 544 Å². The number of para-hydroxylation sites is 4. The molecule has 0 atom stereocenters. The molecule has 4 aromatic carbocycles. The summed E-state index contributed by atoms with van der Waals surface area (Å²) >= 11 is 0. The summed E-state index contributed by atoms with van der Waals surface area (Å²) in [7, 11) is 4.21. The van der Waals surface area contributed by atoms with E-state index in [4.69, 9.17) is 39.9 Å². The SMILES string of the molecule is CC(C)c1cccc(C(C)C)c1N=Cc1ccc(CN(C)Cc2ccc(C=Nc3c(C(C)C)cccc3C(C)C)[n-]2)[n-]1.CC(C)c1cccc(C(C)C)c1N=Cc1ccc(CN(C)Cc2ccc(C=Nc3c(C(C)C)cccc3C(C)C)[n-]2)[n-]1.[Pd+2].[Pd+2]. The fraction of sp³-hybridized carbons (Fsp3) is 0.405. The van der Waals surface area contributed by atoms with Crippen LogP contribution in [0.5, 0.6) is 0 Å². The van der Waals surface area contributed by atoms with Crippen molar-refractivity contribution in [2.24, 2.45) is 20.0 Å². The van der Waals surface area contributed by atoms with E-state index >= 15 is 0 Å². The van der Waals surface area contributed by atoms with Crippen molar-refractivity contribution < 1.29 is 40.8 Å². The normalized spacial score (nSPS) is 12.2. The van der Waals surface area contributed by atoms with Gasteiger partial charge in [0.2, 0.25) is 0 Å². The van der Waals surface area contributed by atoms with Gasteiger partial charge >= 0.3 is 40.8 Å². The van der Waals surface area contributed by atoms with E-state index in [0.29, 0.717) is 47.3 Å². The zero-order valence-corrected chi connectivity index (χ0v) is 57.5. The average molecular weight is 1340 g/mol. The first-order valence-corrected chi connectivity index (χ1v) is 30.6. The summed E-state index contributed by atoms with van der Waals surface area (Å²) in [6.45, 7) is 38.5. The standard InChI is InChI=1S/2C37H47N5.2Pd/c2*1-24(2)32-12-10-13-33(25(3)4)36(32)38-20-28-16-18-30(40-28)22-42(9)23-31-19-17-29(41-31)21-39-37-34(26(5)6)14-11-15-35(37)27(7)8;;/h2*10-21,24-27H,22-23H2,1-9H3;;/q2*-2;2*+2. The zero-order valence-electron chi connectivity index (χ0n) is 54.4. The van der Waals surface area contributed by atoms with Crippen molar-refractivity contribution >= 4 is 47.6 Å². The molecular formula is C74H94N10Pd2. The molecule has 0 aliphatic rings. The van der Waals surface area contributed by atoms with Gasteiger partial charge in [0.25, 0.3) is 0 Å². The molecule has 10 nitrogen and oxygen atoms in total. The van der Waals surface area contributed by atoms with Gasteiger partial charge in [-0.1, -0.05) is 232 Å². The maximum atomic E-state index is 4.93. The Kier molecular flexibility index (Phi) is 27.4. The largest absolute Gasteiger partial charge is 2.00 e. The number of rotatable bonds is 24. The van der Waals surface area contributed by atoms with E-state index in [1.54, 1.807) is 0 Å². The second kappa shape index (κ2) is 33.3. The van der Waals surface area contributed by atoms with Crippen molar-refractivity contribution in [3.63, 3.8) is 0 Å². The van der Waals surface area contributed by atoms with Crippen LogP contribution in [0.3, 0.4) is 0 Å². The summed E-state index contributed by atoms with van der Waals surface area (Å²) in [6.07, 6.45) is 7.62. The molecule has 0 saturated carbocycles. The van der Waals surface area contributed by atoms with E-state index in [1.807, 2.05) is 24.9 Å². The third-order valence-corrected chi connectivity index (χ3v) is 15.3. The minimum Gasteiger partial charge on any atom is -0.659 e. The van der Waals surface area contributed by atoms with Gasteiger partial charge in [-0.15, -0.1) is 45.6 Å². The van der Waals surface area contributed by atoms with Gasteiger partial charge in [-0.3, -0.25) is 20.0 Å². The third-order valence-electron chi connectivity index (χ3n) is 15.3. The minimum atomic E-state index is 0. The maximum absolute atomic E-state index is 4.93. The molecule has 0 aliphatic heterocycles. The van der Waals surface area contributed by atoms with Gasteiger partial charge < -0.3 is 29.7 Å². The molecule has 0 fully saturated rings. The molecule has 4 aromatic heterocycles. The molecule has 0 amide bonds. The predicted molar refractivity (Wildman–Crippen MR) is 357 cm³/mol. The number of nitrogens with zero attached hydrogens (tertiary/aromatic N) is 10. The van der Waals surface area contributed by atoms with E-state index in [2.05, 4.69) is 256 Å². The first-order chi connectivity index (χ1) is 40.1. The van der Waals surface area contributed by atoms with Crippen LogP contribution in [0.15, 0.2) is 141 Å². The Bertz CT molecular complexity index is 2940. The Morgan fingerprint density at radius 1 is 0.279 bits per heavy atom. The molecule has 0 saturated heterocycles. The molecular weight excluding hydrogens is 1240 g/mol. The fourth-order valence-corrected chi connectivity index (χ4v) is 10.7. The molecule has 86 heavy (non-hydrogen) atoms. The first kappa shape index (κ1) is 70.7. The molecule has 0 unspecified atom stereocenters. The Morgan fingerprint density at radius 3 is 0.593 bits per heavy atom. The van der Waals surface area contributed by atoms with Crippen LogP contribution in [0, 0.1) is 0 Å². The summed E-state index contributed by atoms with van der Waals surface area (Å²) in [5.41, 5.74) is 22.2. The smallest absolute Gasteiger partial charge is 0.659 e. The molecule has 4 heterocycles. The average Bonchev–Trinajstić information content (AvgIpc) is 4.43. The Balaban J connectivity index is 0.000000307. The maximum Gasteiger partial charge on any atom is 2.00 e. The quantitative estimate of drug-likeness (QED) is 0.0440. The molecule has 0 aliphatic carbocycles. The zero-order chi connectivity index (χ0) is 60.8. The number of aliphatic imine (C=N–C) groups is 4. The molecule has 0 N–H and O–H groups in total. The van der Waals surface area contributed by atoms with Crippen molar-refractivity contribution in [1.29, 1.82) is 0 Å². The fourth-order valence-electron chi connectivity index (χ4n) is 10.7. The predicted octanol–water partition coefficient (Wildman–Crippen LogP) is 18.5. The summed E-state index contributed by atoms with van der Waals surface area (Å²) in [4.78, 5) is 43.5.